The van der Waals surface area contributed by atoms with E-state index in [4.69, 9.17) is 23.6 Å². The number of ether oxygens (including phenoxy) is 2. The smallest absolute Gasteiger partial charge is 0.462 e. The molecule has 0 aliphatic heterocycles. The number of aliphatic hydroxyl groups is 4. The van der Waals surface area contributed by atoms with Gasteiger partial charge in [0.2, 0.25) is 0 Å². The van der Waals surface area contributed by atoms with E-state index in [1.54, 1.807) is 0 Å². The molecule has 1 unspecified atom stereocenters. The van der Waals surface area contributed by atoms with E-state index < -0.39 is 64.0 Å². The molecule has 0 aliphatic carbocycles. The fraction of sp³-hybridized carbons (Fsp3) is 0.950. The van der Waals surface area contributed by atoms with Crippen molar-refractivity contribution in [3.63, 3.8) is 0 Å². The molecule has 0 aliphatic rings. The van der Waals surface area contributed by atoms with Gasteiger partial charge in [0.15, 0.2) is 6.10 Å². The second-order valence-electron chi connectivity index (χ2n) is 14.6. The summed E-state index contributed by atoms with van der Waals surface area (Å²) >= 11 is 0. The van der Waals surface area contributed by atoms with Crippen molar-refractivity contribution in [1.82, 2.24) is 0 Å². The van der Waals surface area contributed by atoms with Gasteiger partial charge in [-0.15, -0.1) is 0 Å². The first-order valence-corrected chi connectivity index (χ1v) is 22.7. The lowest BCUT2D eigenvalue weighted by molar-refractivity contribution is -0.161. The largest absolute Gasteiger partial charge is 0.472 e. The van der Waals surface area contributed by atoms with E-state index in [1.165, 1.54) is 116 Å². The molecule has 0 aromatic rings. The summed E-state index contributed by atoms with van der Waals surface area (Å²) in [5.41, 5.74) is 0. The summed E-state index contributed by atoms with van der Waals surface area (Å²) in [6.07, 6.45) is 24.6. The Morgan fingerprint density at radius 3 is 1.26 bits per heavy atom. The van der Waals surface area contributed by atoms with E-state index in [0.717, 1.165) is 38.5 Å². The number of phosphoric acid groups is 1. The molecule has 5 atom stereocenters. The molecule has 0 heterocycles. The van der Waals surface area contributed by atoms with Crippen molar-refractivity contribution in [3.05, 3.63) is 0 Å². The molecule has 316 valence electrons. The highest BCUT2D eigenvalue weighted by atomic mass is 31.2. The quantitative estimate of drug-likeness (QED) is 0.0226. The number of hydrogen-bond donors (Lipinski definition) is 5. The summed E-state index contributed by atoms with van der Waals surface area (Å²) in [6.45, 7) is 1.74. The third-order valence-electron chi connectivity index (χ3n) is 9.50. The lowest BCUT2D eigenvalue weighted by Gasteiger charge is -2.23. The third kappa shape index (κ3) is 33.9. The molecule has 0 amide bonds. The van der Waals surface area contributed by atoms with Gasteiger partial charge in [0.25, 0.3) is 0 Å². The van der Waals surface area contributed by atoms with E-state index in [2.05, 4.69) is 13.8 Å². The number of rotatable bonds is 40. The van der Waals surface area contributed by atoms with E-state index in [0.29, 0.717) is 12.8 Å². The Balaban J connectivity index is 4.51. The molecule has 13 heteroatoms. The molecule has 0 aromatic carbocycles. The molecule has 0 aromatic heterocycles. The molecule has 12 nitrogen and oxygen atoms in total. The molecule has 0 saturated carbocycles. The predicted molar refractivity (Wildman–Crippen MR) is 208 cm³/mol. The fourth-order valence-electron chi connectivity index (χ4n) is 6.04. The first kappa shape index (κ1) is 51.9. The highest BCUT2D eigenvalue weighted by molar-refractivity contribution is 7.47. The van der Waals surface area contributed by atoms with Crippen LogP contribution in [0.15, 0.2) is 0 Å². The number of phosphoric ester groups is 1. The van der Waals surface area contributed by atoms with Crippen LogP contribution in [0.3, 0.4) is 0 Å². The normalized spacial score (nSPS) is 15.1. The molecule has 0 fully saturated rings. The van der Waals surface area contributed by atoms with Crippen LogP contribution in [-0.4, -0.2) is 88.1 Å². The lowest BCUT2D eigenvalue weighted by atomic mass is 10.0. The van der Waals surface area contributed by atoms with Gasteiger partial charge < -0.3 is 34.8 Å². The van der Waals surface area contributed by atoms with Crippen molar-refractivity contribution in [2.75, 3.05) is 26.4 Å². The SMILES string of the molecule is CCCCCCCCCCCCCCCCCC(=O)OC[C@H](COP(=O)(O)OC[C@@H](O)[C@@H](O)[C@H](O)CO)OC(=O)CCCCCCCCCCCCC. The Kier molecular flexibility index (Phi) is 35.8. The minimum atomic E-state index is -4.81. The average molecular weight is 783 g/mol. The van der Waals surface area contributed by atoms with E-state index in [9.17, 15) is 34.4 Å². The van der Waals surface area contributed by atoms with Gasteiger partial charge in [0.05, 0.1) is 19.8 Å². The summed E-state index contributed by atoms with van der Waals surface area (Å²) in [7, 11) is -4.81. The zero-order valence-corrected chi connectivity index (χ0v) is 34.4. The Labute approximate surface area is 321 Å². The Morgan fingerprint density at radius 1 is 0.509 bits per heavy atom. The van der Waals surface area contributed by atoms with Crippen LogP contribution in [-0.2, 0) is 32.7 Å². The highest BCUT2D eigenvalue weighted by Crippen LogP contribution is 2.43. The molecule has 53 heavy (non-hydrogen) atoms. The standard InChI is InChI=1S/C40H79O12P/c1-3-5-7-9-11-13-15-16-17-18-20-21-23-25-27-29-38(44)49-32-35(33-50-53(47,48)51-34-37(43)40(46)36(42)31-41)52-39(45)30-28-26-24-22-19-14-12-10-8-6-4-2/h35-37,40-43,46H,3-34H2,1-2H3,(H,47,48)/t35-,36-,37-,40+/m1/s1. The number of unbranched alkanes of at least 4 members (excludes halogenated alkanes) is 24. The predicted octanol–water partition coefficient (Wildman–Crippen LogP) is 8.61. The summed E-state index contributed by atoms with van der Waals surface area (Å²) in [5.74, 6) is -1.01. The van der Waals surface area contributed by atoms with Crippen molar-refractivity contribution in [1.29, 1.82) is 0 Å². The molecular weight excluding hydrogens is 703 g/mol. The van der Waals surface area contributed by atoms with Gasteiger partial charge in [-0.05, 0) is 12.8 Å². The molecule has 0 saturated heterocycles. The minimum Gasteiger partial charge on any atom is -0.462 e. The van der Waals surface area contributed by atoms with Crippen molar-refractivity contribution in [3.8, 4) is 0 Å². The number of carbonyl (C=O) groups excluding carboxylic acids is 2. The third-order valence-corrected chi connectivity index (χ3v) is 10.5. The van der Waals surface area contributed by atoms with Gasteiger partial charge in [0, 0.05) is 12.8 Å². The summed E-state index contributed by atoms with van der Waals surface area (Å²) in [4.78, 5) is 35.1. The summed E-state index contributed by atoms with van der Waals surface area (Å²) in [6, 6.07) is 0. The second-order valence-corrected chi connectivity index (χ2v) is 16.1. The Bertz CT molecular complexity index is 892. The zero-order chi connectivity index (χ0) is 39.4. The maximum atomic E-state index is 12.6. The zero-order valence-electron chi connectivity index (χ0n) is 33.5. The molecule has 0 spiro atoms. The summed E-state index contributed by atoms with van der Waals surface area (Å²) in [5, 5.41) is 38.0. The molecule has 0 rings (SSSR count). The van der Waals surface area contributed by atoms with Gasteiger partial charge in [-0.1, -0.05) is 168 Å². The number of carbonyl (C=O) groups is 2. The van der Waals surface area contributed by atoms with Crippen molar-refractivity contribution in [2.45, 2.75) is 218 Å². The van der Waals surface area contributed by atoms with Crippen LogP contribution in [0.4, 0.5) is 0 Å². The monoisotopic (exact) mass is 783 g/mol. The van der Waals surface area contributed by atoms with Gasteiger partial charge in [-0.2, -0.15) is 0 Å². The van der Waals surface area contributed by atoms with Gasteiger partial charge in [-0.25, -0.2) is 4.57 Å². The Morgan fingerprint density at radius 2 is 0.868 bits per heavy atom. The van der Waals surface area contributed by atoms with Crippen LogP contribution in [0.2, 0.25) is 0 Å². The second kappa shape index (κ2) is 36.5. The minimum absolute atomic E-state index is 0.144. The van der Waals surface area contributed by atoms with Crippen LogP contribution in [0.25, 0.3) is 0 Å². The van der Waals surface area contributed by atoms with E-state index in [-0.39, 0.29) is 19.4 Å². The van der Waals surface area contributed by atoms with Crippen molar-refractivity contribution < 1.29 is 58.0 Å². The Hall–Kier alpha value is -1.11. The summed E-state index contributed by atoms with van der Waals surface area (Å²) < 4.78 is 32.9. The van der Waals surface area contributed by atoms with Crippen LogP contribution < -0.4 is 0 Å². The van der Waals surface area contributed by atoms with Crippen LogP contribution >= 0.6 is 7.82 Å². The topological polar surface area (TPSA) is 189 Å². The molecule has 0 bridgehead atoms. The van der Waals surface area contributed by atoms with Crippen molar-refractivity contribution >= 4 is 19.8 Å². The number of aliphatic hydroxyl groups excluding tert-OH is 4. The highest BCUT2D eigenvalue weighted by Gasteiger charge is 2.30. The average Bonchev–Trinajstić information content (AvgIpc) is 3.14. The van der Waals surface area contributed by atoms with Gasteiger partial charge >= 0.3 is 19.8 Å². The number of hydrogen-bond acceptors (Lipinski definition) is 11. The van der Waals surface area contributed by atoms with Crippen LogP contribution in [0.1, 0.15) is 194 Å². The molecular formula is C40H79O12P. The fourth-order valence-corrected chi connectivity index (χ4v) is 6.81. The maximum absolute atomic E-state index is 12.6. The molecule has 5 N–H and O–H groups in total. The first-order valence-electron chi connectivity index (χ1n) is 21.2. The van der Waals surface area contributed by atoms with Gasteiger partial charge in [-0.3, -0.25) is 18.6 Å². The van der Waals surface area contributed by atoms with Crippen LogP contribution in [0, 0.1) is 0 Å². The van der Waals surface area contributed by atoms with Gasteiger partial charge in [0.1, 0.15) is 24.9 Å². The lowest BCUT2D eigenvalue weighted by Crippen LogP contribution is -2.41. The van der Waals surface area contributed by atoms with Crippen LogP contribution in [0.5, 0.6) is 0 Å². The van der Waals surface area contributed by atoms with Crippen molar-refractivity contribution in [2.24, 2.45) is 0 Å². The number of esters is 2. The maximum Gasteiger partial charge on any atom is 0.472 e. The molecule has 0 radical (unpaired) electrons. The van der Waals surface area contributed by atoms with E-state index in [1.807, 2.05) is 0 Å². The van der Waals surface area contributed by atoms with E-state index >= 15 is 0 Å². The first-order chi connectivity index (χ1) is 25.6.